The molecule has 1 aromatic heterocycles. The van der Waals surface area contributed by atoms with Crippen molar-refractivity contribution in [3.05, 3.63) is 76.6 Å². The minimum absolute atomic E-state index is 0.178. The molecule has 178 valence electrons. The number of sulfonamides is 1. The highest BCUT2D eigenvalue weighted by molar-refractivity contribution is 7.89. The average molecular weight is 483 g/mol. The second kappa shape index (κ2) is 10.2. The van der Waals surface area contributed by atoms with Gasteiger partial charge < -0.3 is 10.1 Å². The summed E-state index contributed by atoms with van der Waals surface area (Å²) in [5.41, 5.74) is 1.53. The van der Waals surface area contributed by atoms with Crippen LogP contribution in [0, 0.1) is 0 Å². The number of carbonyl (C=O) groups excluding carboxylic acids is 1. The monoisotopic (exact) mass is 482 g/mol. The van der Waals surface area contributed by atoms with Gasteiger partial charge in [-0.3, -0.25) is 9.59 Å². The Labute approximate surface area is 198 Å². The fraction of sp³-hybridized carbons (Fsp3) is 0.292. The Morgan fingerprint density at radius 1 is 1.00 bits per heavy atom. The molecule has 0 spiro atoms. The van der Waals surface area contributed by atoms with Crippen molar-refractivity contribution < 1.29 is 17.9 Å². The molecule has 2 aromatic carbocycles. The SMILES string of the molecule is COc1ccc(-c2ccc(=O)n(CCNC(=O)c3ccc(S(=O)(=O)N4CCCC4)cc3)n2)cc1. The molecule has 34 heavy (non-hydrogen) atoms. The standard InChI is InChI=1S/C24H26N4O5S/c1-33-20-8-4-18(5-9-20)22-12-13-23(29)28(26-22)17-14-25-24(30)19-6-10-21(11-7-19)34(31,32)27-15-2-3-16-27/h4-13H,2-3,14-17H2,1H3,(H,25,30). The number of methoxy groups -OCH3 is 1. The summed E-state index contributed by atoms with van der Waals surface area (Å²) in [4.78, 5) is 24.9. The quantitative estimate of drug-likeness (QED) is 0.527. The van der Waals surface area contributed by atoms with Crippen LogP contribution in [0.25, 0.3) is 11.3 Å². The molecule has 4 rings (SSSR count). The molecule has 1 fully saturated rings. The number of hydrogen-bond acceptors (Lipinski definition) is 6. The molecule has 1 amide bonds. The lowest BCUT2D eigenvalue weighted by Gasteiger charge is -2.15. The summed E-state index contributed by atoms with van der Waals surface area (Å²) in [6.45, 7) is 1.43. The maximum atomic E-state index is 12.6. The van der Waals surface area contributed by atoms with E-state index in [4.69, 9.17) is 4.74 Å². The predicted octanol–water partition coefficient (Wildman–Crippen LogP) is 2.13. The molecule has 0 unspecified atom stereocenters. The van der Waals surface area contributed by atoms with Gasteiger partial charge in [0.15, 0.2) is 0 Å². The first-order chi connectivity index (χ1) is 16.4. The summed E-state index contributed by atoms with van der Waals surface area (Å²) in [6.07, 6.45) is 1.72. The molecule has 0 aliphatic carbocycles. The summed E-state index contributed by atoms with van der Waals surface area (Å²) in [5, 5.41) is 7.13. The second-order valence-electron chi connectivity index (χ2n) is 7.90. The van der Waals surface area contributed by atoms with Crippen LogP contribution in [-0.2, 0) is 16.6 Å². The number of rotatable bonds is 8. The van der Waals surface area contributed by atoms with E-state index in [1.165, 1.54) is 39.3 Å². The van der Waals surface area contributed by atoms with E-state index >= 15 is 0 Å². The molecule has 9 nitrogen and oxygen atoms in total. The highest BCUT2D eigenvalue weighted by Crippen LogP contribution is 2.21. The van der Waals surface area contributed by atoms with Gasteiger partial charge in [-0.15, -0.1) is 0 Å². The van der Waals surface area contributed by atoms with Gasteiger partial charge in [0.05, 0.1) is 24.2 Å². The minimum atomic E-state index is -3.52. The predicted molar refractivity (Wildman–Crippen MR) is 127 cm³/mol. The van der Waals surface area contributed by atoms with Crippen molar-refractivity contribution in [3.8, 4) is 17.0 Å². The highest BCUT2D eigenvalue weighted by atomic mass is 32.2. The van der Waals surface area contributed by atoms with E-state index in [9.17, 15) is 18.0 Å². The van der Waals surface area contributed by atoms with Crippen LogP contribution < -0.4 is 15.6 Å². The van der Waals surface area contributed by atoms with Crippen LogP contribution in [-0.4, -0.2) is 55.2 Å². The Hall–Kier alpha value is -3.50. The van der Waals surface area contributed by atoms with Crippen LogP contribution >= 0.6 is 0 Å². The second-order valence-corrected chi connectivity index (χ2v) is 9.84. The number of nitrogens with zero attached hydrogens (tertiary/aromatic N) is 3. The molecular formula is C24H26N4O5S. The van der Waals surface area contributed by atoms with Crippen LogP contribution in [0.3, 0.4) is 0 Å². The summed E-state index contributed by atoms with van der Waals surface area (Å²) < 4.78 is 33.2. The topological polar surface area (TPSA) is 111 Å². The molecular weight excluding hydrogens is 456 g/mol. The van der Waals surface area contributed by atoms with Gasteiger partial charge in [0.25, 0.3) is 11.5 Å². The Balaban J connectivity index is 1.37. The number of ether oxygens (including phenoxy) is 1. The van der Waals surface area contributed by atoms with Gasteiger partial charge in [0.2, 0.25) is 10.0 Å². The van der Waals surface area contributed by atoms with Crippen LogP contribution in [0.15, 0.2) is 70.4 Å². The van der Waals surface area contributed by atoms with E-state index in [0.717, 1.165) is 24.2 Å². The van der Waals surface area contributed by atoms with Gasteiger partial charge in [0, 0.05) is 36.8 Å². The molecule has 1 aliphatic rings. The van der Waals surface area contributed by atoms with Gasteiger partial charge in [-0.05, 0) is 67.4 Å². The number of amides is 1. The molecule has 3 aromatic rings. The van der Waals surface area contributed by atoms with E-state index in [2.05, 4.69) is 10.4 Å². The molecule has 2 heterocycles. The third-order valence-corrected chi connectivity index (χ3v) is 7.59. The van der Waals surface area contributed by atoms with E-state index in [1.54, 1.807) is 13.2 Å². The van der Waals surface area contributed by atoms with Crippen molar-refractivity contribution in [1.82, 2.24) is 19.4 Å². The van der Waals surface area contributed by atoms with Crippen molar-refractivity contribution in [2.75, 3.05) is 26.7 Å². The maximum absolute atomic E-state index is 12.6. The van der Waals surface area contributed by atoms with Gasteiger partial charge in [-0.1, -0.05) is 0 Å². The van der Waals surface area contributed by atoms with E-state index in [0.29, 0.717) is 24.3 Å². The Morgan fingerprint density at radius 2 is 1.68 bits per heavy atom. The zero-order chi connectivity index (χ0) is 24.1. The number of carbonyl (C=O) groups is 1. The fourth-order valence-corrected chi connectivity index (χ4v) is 5.28. The summed E-state index contributed by atoms with van der Waals surface area (Å²) in [6, 6.07) is 16.3. The first-order valence-corrected chi connectivity index (χ1v) is 12.4. The van der Waals surface area contributed by atoms with Crippen molar-refractivity contribution in [2.45, 2.75) is 24.3 Å². The summed E-state index contributed by atoms with van der Waals surface area (Å²) in [7, 11) is -1.93. The van der Waals surface area contributed by atoms with Gasteiger partial charge in [-0.2, -0.15) is 9.40 Å². The Bertz CT molecular complexity index is 1310. The molecule has 1 N–H and O–H groups in total. The average Bonchev–Trinajstić information content (AvgIpc) is 3.41. The molecule has 1 aliphatic heterocycles. The van der Waals surface area contributed by atoms with E-state index in [1.807, 2.05) is 24.3 Å². The zero-order valence-corrected chi connectivity index (χ0v) is 19.6. The first kappa shape index (κ1) is 23.7. The molecule has 0 saturated carbocycles. The van der Waals surface area contributed by atoms with Crippen LogP contribution in [0.5, 0.6) is 5.75 Å². The zero-order valence-electron chi connectivity index (χ0n) is 18.8. The number of nitrogens with one attached hydrogen (secondary N) is 1. The number of benzene rings is 2. The number of aromatic nitrogens is 2. The minimum Gasteiger partial charge on any atom is -0.497 e. The lowest BCUT2D eigenvalue weighted by Crippen LogP contribution is -2.32. The van der Waals surface area contributed by atoms with Crippen molar-refractivity contribution in [1.29, 1.82) is 0 Å². The largest absolute Gasteiger partial charge is 0.497 e. The summed E-state index contributed by atoms with van der Waals surface area (Å²) >= 11 is 0. The third-order valence-electron chi connectivity index (χ3n) is 5.68. The number of hydrogen-bond donors (Lipinski definition) is 1. The molecule has 10 heteroatoms. The van der Waals surface area contributed by atoms with Gasteiger partial charge in [0.1, 0.15) is 5.75 Å². The molecule has 0 atom stereocenters. The third kappa shape index (κ3) is 5.18. The lowest BCUT2D eigenvalue weighted by molar-refractivity contribution is 0.0951. The normalized spacial score (nSPS) is 14.1. The van der Waals surface area contributed by atoms with E-state index in [-0.39, 0.29) is 29.5 Å². The molecule has 0 bridgehead atoms. The first-order valence-electron chi connectivity index (χ1n) is 11.0. The van der Waals surface area contributed by atoms with Crippen molar-refractivity contribution in [3.63, 3.8) is 0 Å². The van der Waals surface area contributed by atoms with Gasteiger partial charge in [-0.25, -0.2) is 13.1 Å². The lowest BCUT2D eigenvalue weighted by atomic mass is 10.1. The summed E-state index contributed by atoms with van der Waals surface area (Å²) in [5.74, 6) is 0.367. The molecule has 0 radical (unpaired) electrons. The van der Waals surface area contributed by atoms with Crippen LogP contribution in [0.1, 0.15) is 23.2 Å². The molecule has 1 saturated heterocycles. The Kier molecular flexibility index (Phi) is 7.09. The van der Waals surface area contributed by atoms with Crippen LogP contribution in [0.2, 0.25) is 0 Å². The van der Waals surface area contributed by atoms with Gasteiger partial charge >= 0.3 is 0 Å². The van der Waals surface area contributed by atoms with Crippen molar-refractivity contribution in [2.24, 2.45) is 0 Å². The van der Waals surface area contributed by atoms with Crippen molar-refractivity contribution >= 4 is 15.9 Å². The van der Waals surface area contributed by atoms with Crippen LogP contribution in [0.4, 0.5) is 0 Å². The fourth-order valence-electron chi connectivity index (χ4n) is 3.76. The Morgan fingerprint density at radius 3 is 2.32 bits per heavy atom. The highest BCUT2D eigenvalue weighted by Gasteiger charge is 2.27. The smallest absolute Gasteiger partial charge is 0.266 e. The van der Waals surface area contributed by atoms with E-state index < -0.39 is 10.0 Å². The maximum Gasteiger partial charge on any atom is 0.266 e.